The maximum Gasteiger partial charge on any atom is 0.305 e. The third-order valence-corrected chi connectivity index (χ3v) is 4.29. The number of carbonyl (C=O) groups is 4. The highest BCUT2D eigenvalue weighted by Gasteiger charge is 2.24. The van der Waals surface area contributed by atoms with Gasteiger partial charge in [-0.05, 0) is 31.6 Å². The van der Waals surface area contributed by atoms with Crippen LogP contribution in [-0.2, 0) is 23.9 Å². The molecule has 0 saturated carbocycles. The number of unbranched alkanes of at least 4 members (excludes halogenated alkanes) is 1. The zero-order valence-corrected chi connectivity index (χ0v) is 16.4. The van der Waals surface area contributed by atoms with Gasteiger partial charge in [-0.15, -0.1) is 0 Å². The Balaban J connectivity index is 4.69. The van der Waals surface area contributed by atoms with E-state index in [1.165, 1.54) is 0 Å². The molecular formula is C17H31N3O6S. The predicted molar refractivity (Wildman–Crippen MR) is 103 cm³/mol. The number of rotatable bonds is 17. The molecule has 0 aliphatic heterocycles. The minimum atomic E-state index is -1.00. The molecule has 10 heteroatoms. The number of aliphatic carboxylic acids is 1. The molecule has 0 saturated heterocycles. The predicted octanol–water partition coefficient (Wildman–Crippen LogP) is 0.208. The van der Waals surface area contributed by atoms with E-state index in [2.05, 4.69) is 22.7 Å². The number of ether oxygens (including phenoxy) is 1. The van der Waals surface area contributed by atoms with E-state index in [1.807, 2.05) is 0 Å². The summed E-state index contributed by atoms with van der Waals surface area (Å²) in [6.45, 7) is 0.722. The Labute approximate surface area is 165 Å². The van der Waals surface area contributed by atoms with Crippen LogP contribution in [0.25, 0.3) is 0 Å². The van der Waals surface area contributed by atoms with Crippen LogP contribution in [0.1, 0.15) is 51.4 Å². The van der Waals surface area contributed by atoms with Crippen molar-refractivity contribution in [2.75, 3.05) is 12.3 Å². The maximum absolute atomic E-state index is 12.5. The van der Waals surface area contributed by atoms with E-state index < -0.39 is 24.2 Å². The van der Waals surface area contributed by atoms with Gasteiger partial charge in [-0.3, -0.25) is 24.9 Å². The zero-order chi connectivity index (χ0) is 20.7. The van der Waals surface area contributed by atoms with Crippen molar-refractivity contribution >= 4 is 36.8 Å². The van der Waals surface area contributed by atoms with Crippen LogP contribution in [0.15, 0.2) is 0 Å². The molecule has 0 rings (SSSR count). The van der Waals surface area contributed by atoms with Crippen molar-refractivity contribution in [2.24, 2.45) is 17.4 Å². The molecule has 0 aliphatic carbocycles. The SMILES string of the molecule is NCCCCC(CC(=O)O)NC(=O)C(CCS)CC(=O)CCC(N)OC=O. The Morgan fingerprint density at radius 1 is 1.15 bits per heavy atom. The fraction of sp³-hybridized carbons (Fsp3) is 0.765. The molecule has 3 unspecified atom stereocenters. The topological polar surface area (TPSA) is 162 Å². The first kappa shape index (κ1) is 25.4. The van der Waals surface area contributed by atoms with Gasteiger partial charge < -0.3 is 20.9 Å². The van der Waals surface area contributed by atoms with Crippen LogP contribution >= 0.6 is 12.6 Å². The summed E-state index contributed by atoms with van der Waals surface area (Å²) in [6, 6.07) is -0.506. The number of carboxylic acid groups (broad SMARTS) is 1. The average molecular weight is 406 g/mol. The van der Waals surface area contributed by atoms with E-state index in [4.69, 9.17) is 16.6 Å². The minimum Gasteiger partial charge on any atom is -0.481 e. The number of thiol groups is 1. The maximum atomic E-state index is 12.5. The summed E-state index contributed by atoms with van der Waals surface area (Å²) < 4.78 is 4.52. The van der Waals surface area contributed by atoms with Crippen LogP contribution in [0.2, 0.25) is 0 Å². The molecule has 0 aromatic rings. The summed E-state index contributed by atoms with van der Waals surface area (Å²) in [5, 5.41) is 11.8. The number of hydrogen-bond acceptors (Lipinski definition) is 8. The van der Waals surface area contributed by atoms with E-state index >= 15 is 0 Å². The smallest absolute Gasteiger partial charge is 0.305 e. The zero-order valence-electron chi connectivity index (χ0n) is 15.5. The van der Waals surface area contributed by atoms with E-state index in [1.54, 1.807) is 0 Å². The van der Waals surface area contributed by atoms with E-state index in [9.17, 15) is 19.2 Å². The number of Topliss-reactive ketones (excluding diaryl/α,β-unsaturated/α-hetero) is 1. The highest BCUT2D eigenvalue weighted by Crippen LogP contribution is 2.15. The van der Waals surface area contributed by atoms with Crippen molar-refractivity contribution in [1.29, 1.82) is 0 Å². The first-order chi connectivity index (χ1) is 12.8. The van der Waals surface area contributed by atoms with Gasteiger partial charge in [-0.2, -0.15) is 12.6 Å². The second-order valence-corrected chi connectivity index (χ2v) is 6.80. The van der Waals surface area contributed by atoms with Crippen LogP contribution in [0.5, 0.6) is 0 Å². The van der Waals surface area contributed by atoms with Crippen molar-refractivity contribution in [3.8, 4) is 0 Å². The summed E-state index contributed by atoms with van der Waals surface area (Å²) in [5.41, 5.74) is 10.9. The van der Waals surface area contributed by atoms with Gasteiger partial charge in [0, 0.05) is 31.2 Å². The lowest BCUT2D eigenvalue weighted by molar-refractivity contribution is -0.138. The van der Waals surface area contributed by atoms with Gasteiger partial charge >= 0.3 is 5.97 Å². The lowest BCUT2D eigenvalue weighted by atomic mass is 9.95. The molecule has 0 fully saturated rings. The largest absolute Gasteiger partial charge is 0.481 e. The molecule has 0 aromatic carbocycles. The molecule has 1 amide bonds. The van der Waals surface area contributed by atoms with Gasteiger partial charge in [0.05, 0.1) is 6.42 Å². The summed E-state index contributed by atoms with van der Waals surface area (Å²) in [7, 11) is 0. The molecule has 0 heterocycles. The lowest BCUT2D eigenvalue weighted by Crippen LogP contribution is -2.41. The summed E-state index contributed by atoms with van der Waals surface area (Å²) in [6.07, 6.45) is 1.57. The number of carbonyl (C=O) groups excluding carboxylic acids is 3. The molecular weight excluding hydrogens is 374 g/mol. The molecule has 6 N–H and O–H groups in total. The van der Waals surface area contributed by atoms with Crippen LogP contribution in [0.3, 0.4) is 0 Å². The van der Waals surface area contributed by atoms with E-state index in [0.29, 0.717) is 31.6 Å². The van der Waals surface area contributed by atoms with Gasteiger partial charge in [-0.25, -0.2) is 0 Å². The Kier molecular flexibility index (Phi) is 14.5. The van der Waals surface area contributed by atoms with Gasteiger partial charge in [0.2, 0.25) is 5.91 Å². The standard InChI is InChI=1S/C17H31N3O6S/c18-7-2-1-3-13(10-16(23)24)20-17(25)12(6-8-27)9-14(22)4-5-15(19)26-11-21/h11-13,15,27H,1-10,18-19H2,(H,20,25)(H,23,24). The van der Waals surface area contributed by atoms with Crippen LogP contribution in [0.4, 0.5) is 0 Å². The van der Waals surface area contributed by atoms with Crippen molar-refractivity contribution in [1.82, 2.24) is 5.32 Å². The van der Waals surface area contributed by atoms with Gasteiger partial charge in [-0.1, -0.05) is 6.42 Å². The highest BCUT2D eigenvalue weighted by molar-refractivity contribution is 7.80. The number of nitrogens with two attached hydrogens (primary N) is 2. The number of hydrogen-bond donors (Lipinski definition) is 5. The van der Waals surface area contributed by atoms with Gasteiger partial charge in [0.25, 0.3) is 6.47 Å². The Bertz CT molecular complexity index is 478. The Morgan fingerprint density at radius 3 is 2.41 bits per heavy atom. The first-order valence-corrected chi connectivity index (χ1v) is 9.66. The monoisotopic (exact) mass is 405 g/mol. The summed E-state index contributed by atoms with van der Waals surface area (Å²) in [4.78, 5) is 45.8. The number of carboxylic acids is 1. The Hall–Kier alpha value is -1.65. The van der Waals surface area contributed by atoms with Crippen molar-refractivity contribution in [3.63, 3.8) is 0 Å². The lowest BCUT2D eigenvalue weighted by Gasteiger charge is -2.21. The summed E-state index contributed by atoms with van der Waals surface area (Å²) in [5.74, 6) is -1.72. The second kappa shape index (κ2) is 15.4. The third-order valence-electron chi connectivity index (χ3n) is 4.03. The minimum absolute atomic E-state index is 0.00277. The number of ketones is 1. The van der Waals surface area contributed by atoms with Crippen LogP contribution in [-0.4, -0.2) is 53.8 Å². The first-order valence-electron chi connectivity index (χ1n) is 9.03. The molecule has 0 aromatic heterocycles. The number of amides is 1. The van der Waals surface area contributed by atoms with Gasteiger partial charge in [0.1, 0.15) is 5.78 Å². The van der Waals surface area contributed by atoms with Crippen molar-refractivity contribution in [2.45, 2.75) is 63.6 Å². The Morgan fingerprint density at radius 2 is 1.85 bits per heavy atom. The molecule has 156 valence electrons. The number of nitrogens with one attached hydrogen (secondary N) is 1. The summed E-state index contributed by atoms with van der Waals surface area (Å²) >= 11 is 4.13. The highest BCUT2D eigenvalue weighted by atomic mass is 32.1. The van der Waals surface area contributed by atoms with E-state index in [-0.39, 0.29) is 43.8 Å². The molecule has 9 nitrogen and oxygen atoms in total. The van der Waals surface area contributed by atoms with Crippen molar-refractivity contribution in [3.05, 3.63) is 0 Å². The molecule has 0 bridgehead atoms. The normalized spacial score (nSPS) is 14.0. The van der Waals surface area contributed by atoms with Gasteiger partial charge in [0.15, 0.2) is 6.23 Å². The van der Waals surface area contributed by atoms with E-state index in [0.717, 1.165) is 6.42 Å². The third kappa shape index (κ3) is 13.2. The van der Waals surface area contributed by atoms with Crippen LogP contribution < -0.4 is 16.8 Å². The fourth-order valence-electron chi connectivity index (χ4n) is 2.59. The molecule has 0 spiro atoms. The quantitative estimate of drug-likeness (QED) is 0.0992. The molecule has 0 aliphatic rings. The second-order valence-electron chi connectivity index (χ2n) is 6.35. The molecule has 3 atom stereocenters. The van der Waals surface area contributed by atoms with Crippen LogP contribution in [0, 0.1) is 5.92 Å². The molecule has 0 radical (unpaired) electrons. The average Bonchev–Trinajstić information content (AvgIpc) is 2.59. The fourth-order valence-corrected chi connectivity index (χ4v) is 2.90. The van der Waals surface area contributed by atoms with Crippen molar-refractivity contribution < 1.29 is 29.0 Å². The molecule has 27 heavy (non-hydrogen) atoms.